The van der Waals surface area contributed by atoms with Crippen LogP contribution in [0, 0.1) is 11.8 Å². The van der Waals surface area contributed by atoms with Crippen molar-refractivity contribution in [2.24, 2.45) is 11.8 Å². The second-order valence-corrected chi connectivity index (χ2v) is 7.63. The second kappa shape index (κ2) is 12.7. The summed E-state index contributed by atoms with van der Waals surface area (Å²) >= 11 is 0. The van der Waals surface area contributed by atoms with Gasteiger partial charge in [-0.3, -0.25) is 0 Å². The van der Waals surface area contributed by atoms with Crippen LogP contribution in [0.5, 0.6) is 0 Å². The molecule has 1 heteroatoms. The van der Waals surface area contributed by atoms with Gasteiger partial charge in [0.15, 0.2) is 0 Å². The molecule has 0 aliphatic heterocycles. The molecule has 0 heterocycles. The lowest BCUT2D eigenvalue weighted by atomic mass is 10.0. The van der Waals surface area contributed by atoms with E-state index in [-0.39, 0.29) is 9.52 Å². The monoisotopic (exact) mass is 256 g/mol. The maximum absolute atomic E-state index is 2.39. The zero-order valence-electron chi connectivity index (χ0n) is 12.9. The highest BCUT2D eigenvalue weighted by Crippen LogP contribution is 2.21. The van der Waals surface area contributed by atoms with Crippen LogP contribution in [0.3, 0.4) is 0 Å². The molecular formula is C16H36Si. The molecule has 0 bridgehead atoms. The third-order valence-corrected chi connectivity index (χ3v) is 6.76. The molecule has 0 aromatic carbocycles. The van der Waals surface area contributed by atoms with E-state index in [1.54, 1.807) is 12.1 Å². The zero-order chi connectivity index (χ0) is 12.9. The van der Waals surface area contributed by atoms with Crippen LogP contribution >= 0.6 is 0 Å². The summed E-state index contributed by atoms with van der Waals surface area (Å²) in [6.45, 7) is 9.43. The van der Waals surface area contributed by atoms with Gasteiger partial charge in [0.2, 0.25) is 0 Å². The van der Waals surface area contributed by atoms with Gasteiger partial charge >= 0.3 is 0 Å². The Hall–Kier alpha value is 0.217. The van der Waals surface area contributed by atoms with Crippen molar-refractivity contribution in [2.75, 3.05) is 0 Å². The third-order valence-electron chi connectivity index (χ3n) is 4.31. The molecule has 0 nitrogen and oxygen atoms in total. The lowest BCUT2D eigenvalue weighted by Crippen LogP contribution is -2.08. The summed E-state index contributed by atoms with van der Waals surface area (Å²) in [5, 5.41) is 0. The van der Waals surface area contributed by atoms with Crippen LogP contribution in [0.15, 0.2) is 0 Å². The van der Waals surface area contributed by atoms with Crippen LogP contribution in [0.2, 0.25) is 12.1 Å². The highest BCUT2D eigenvalue weighted by molar-refractivity contribution is 6.35. The van der Waals surface area contributed by atoms with E-state index in [1.165, 1.54) is 51.4 Å². The number of rotatable bonds is 12. The first-order chi connectivity index (χ1) is 8.28. The molecule has 0 radical (unpaired) electrons. The fraction of sp³-hybridized carbons (Fsp3) is 1.00. The predicted molar refractivity (Wildman–Crippen MR) is 84.8 cm³/mol. The van der Waals surface area contributed by atoms with Crippen molar-refractivity contribution in [1.29, 1.82) is 0 Å². The van der Waals surface area contributed by atoms with Crippen LogP contribution in [0.1, 0.15) is 79.1 Å². The maximum atomic E-state index is 2.39. The van der Waals surface area contributed by atoms with Crippen molar-refractivity contribution >= 4 is 9.52 Å². The predicted octanol–water partition coefficient (Wildman–Crippen LogP) is 5.42. The zero-order valence-corrected chi connectivity index (χ0v) is 14.3. The van der Waals surface area contributed by atoms with Crippen LogP contribution in [-0.2, 0) is 0 Å². The number of hydrogen-bond donors (Lipinski definition) is 0. The fourth-order valence-electron chi connectivity index (χ4n) is 2.79. The van der Waals surface area contributed by atoms with Gasteiger partial charge in [0.05, 0.1) is 0 Å². The fourth-order valence-corrected chi connectivity index (χ4v) is 5.57. The Morgan fingerprint density at radius 3 is 1.41 bits per heavy atom. The van der Waals surface area contributed by atoms with E-state index in [0.29, 0.717) is 0 Å². The molecule has 0 N–H and O–H groups in total. The third kappa shape index (κ3) is 9.88. The first-order valence-electron chi connectivity index (χ1n) is 8.28. The molecule has 2 atom stereocenters. The van der Waals surface area contributed by atoms with E-state index in [4.69, 9.17) is 0 Å². The molecule has 0 saturated heterocycles. The molecule has 17 heavy (non-hydrogen) atoms. The van der Waals surface area contributed by atoms with Crippen LogP contribution in [-0.4, -0.2) is 9.52 Å². The van der Waals surface area contributed by atoms with Gasteiger partial charge in [-0.25, -0.2) is 0 Å². The molecule has 0 aliphatic rings. The SMILES string of the molecule is CCCCC(CC)C[SiH2]CC(CC)CCCC. The molecule has 0 aromatic rings. The summed E-state index contributed by atoms with van der Waals surface area (Å²) in [6.07, 6.45) is 11.5. The van der Waals surface area contributed by atoms with E-state index in [0.717, 1.165) is 11.8 Å². The first kappa shape index (κ1) is 17.2. The van der Waals surface area contributed by atoms with Crippen LogP contribution in [0.4, 0.5) is 0 Å². The lowest BCUT2D eigenvalue weighted by molar-refractivity contribution is 0.474. The van der Waals surface area contributed by atoms with E-state index in [2.05, 4.69) is 27.7 Å². The van der Waals surface area contributed by atoms with Gasteiger partial charge in [-0.1, -0.05) is 91.1 Å². The molecule has 0 fully saturated rings. The van der Waals surface area contributed by atoms with Crippen LogP contribution < -0.4 is 0 Å². The molecule has 0 amide bonds. The van der Waals surface area contributed by atoms with Gasteiger partial charge in [-0.05, 0) is 11.8 Å². The Morgan fingerprint density at radius 1 is 0.706 bits per heavy atom. The lowest BCUT2D eigenvalue weighted by Gasteiger charge is -2.17. The minimum Gasteiger partial charge on any atom is -0.0654 e. The topological polar surface area (TPSA) is 0 Å². The molecule has 0 aliphatic carbocycles. The summed E-state index contributed by atoms with van der Waals surface area (Å²) in [7, 11) is 0.239. The largest absolute Gasteiger partial charge is 0.0654 e. The second-order valence-electron chi connectivity index (χ2n) is 5.76. The van der Waals surface area contributed by atoms with Crippen molar-refractivity contribution in [2.45, 2.75) is 91.1 Å². The van der Waals surface area contributed by atoms with Gasteiger partial charge in [0.1, 0.15) is 0 Å². The van der Waals surface area contributed by atoms with Crippen molar-refractivity contribution in [3.63, 3.8) is 0 Å². The van der Waals surface area contributed by atoms with Gasteiger partial charge in [-0.15, -0.1) is 0 Å². The minimum atomic E-state index is 0.239. The molecule has 2 unspecified atom stereocenters. The summed E-state index contributed by atoms with van der Waals surface area (Å²) < 4.78 is 0. The Balaban J connectivity index is 3.61. The van der Waals surface area contributed by atoms with Crippen molar-refractivity contribution in [3.8, 4) is 0 Å². The van der Waals surface area contributed by atoms with Gasteiger partial charge < -0.3 is 0 Å². The van der Waals surface area contributed by atoms with Gasteiger partial charge in [0, 0.05) is 9.52 Å². The van der Waals surface area contributed by atoms with E-state index in [9.17, 15) is 0 Å². The maximum Gasteiger partial charge on any atom is 0.0203 e. The number of hydrogen-bond acceptors (Lipinski definition) is 0. The molecule has 104 valence electrons. The van der Waals surface area contributed by atoms with Crippen molar-refractivity contribution in [1.82, 2.24) is 0 Å². The average Bonchev–Trinajstić information content (AvgIpc) is 2.37. The van der Waals surface area contributed by atoms with Crippen molar-refractivity contribution in [3.05, 3.63) is 0 Å². The highest BCUT2D eigenvalue weighted by Gasteiger charge is 2.09. The first-order valence-corrected chi connectivity index (χ1v) is 10.3. The molecule has 0 saturated carbocycles. The standard InChI is InChI=1S/C16H36Si/c1-5-9-11-15(7-3)13-17-14-16(8-4)12-10-6-2/h15-16H,5-14,17H2,1-4H3. The van der Waals surface area contributed by atoms with Gasteiger partial charge in [0.25, 0.3) is 0 Å². The smallest absolute Gasteiger partial charge is 0.0203 e. The molecular weight excluding hydrogens is 220 g/mol. The normalized spacial score (nSPS) is 15.5. The summed E-state index contributed by atoms with van der Waals surface area (Å²) in [4.78, 5) is 0. The summed E-state index contributed by atoms with van der Waals surface area (Å²) in [6, 6.07) is 3.25. The van der Waals surface area contributed by atoms with Gasteiger partial charge in [-0.2, -0.15) is 0 Å². The molecule has 0 aromatic heterocycles. The molecule has 0 rings (SSSR count). The van der Waals surface area contributed by atoms with E-state index >= 15 is 0 Å². The number of unbranched alkanes of at least 4 members (excludes halogenated alkanes) is 2. The Labute approximate surface area is 113 Å². The summed E-state index contributed by atoms with van der Waals surface area (Å²) in [5.41, 5.74) is 0. The average molecular weight is 257 g/mol. The van der Waals surface area contributed by atoms with E-state index in [1.807, 2.05) is 0 Å². The quantitative estimate of drug-likeness (QED) is 0.409. The molecule has 0 spiro atoms. The minimum absolute atomic E-state index is 0.239. The highest BCUT2D eigenvalue weighted by atomic mass is 28.2. The Kier molecular flexibility index (Phi) is 12.8. The Morgan fingerprint density at radius 2 is 1.12 bits per heavy atom. The van der Waals surface area contributed by atoms with Crippen molar-refractivity contribution < 1.29 is 0 Å². The van der Waals surface area contributed by atoms with E-state index < -0.39 is 0 Å². The summed E-state index contributed by atoms with van der Waals surface area (Å²) in [5.74, 6) is 2.15. The van der Waals surface area contributed by atoms with Crippen LogP contribution in [0.25, 0.3) is 0 Å². The Bertz CT molecular complexity index is 128.